The van der Waals surface area contributed by atoms with Gasteiger partial charge in [0, 0.05) is 18.5 Å². The van der Waals surface area contributed by atoms with E-state index in [2.05, 4.69) is 25.5 Å². The Hall–Kier alpha value is -4.39. The van der Waals surface area contributed by atoms with Gasteiger partial charge in [-0.15, -0.1) is 20.3 Å². The molecule has 2 aromatic carbocycles. The van der Waals surface area contributed by atoms with E-state index in [9.17, 15) is 19.7 Å². The van der Waals surface area contributed by atoms with Gasteiger partial charge >= 0.3 is 5.97 Å². The SMILES string of the molecule is CCCCC(=O)N(Cc1ccc(-c2ccccc2-c2nn[nH]n2)cc1)[C@H](C(=O)OCCOCCO[N+](=O)[O-])C(C)C. The lowest BCUT2D eigenvalue weighted by Gasteiger charge is -2.33. The van der Waals surface area contributed by atoms with Crippen LogP contribution in [0.4, 0.5) is 0 Å². The first kappa shape index (κ1) is 31.1. The van der Waals surface area contributed by atoms with E-state index < -0.39 is 17.1 Å². The zero-order valence-corrected chi connectivity index (χ0v) is 23.5. The van der Waals surface area contributed by atoms with Crippen LogP contribution in [0.3, 0.4) is 0 Å². The van der Waals surface area contributed by atoms with Gasteiger partial charge in [-0.05, 0) is 34.2 Å². The molecule has 0 fully saturated rings. The van der Waals surface area contributed by atoms with Crippen molar-refractivity contribution in [2.75, 3.05) is 26.4 Å². The summed E-state index contributed by atoms with van der Waals surface area (Å²) < 4.78 is 10.7. The number of ether oxygens (including phenoxy) is 2. The number of nitrogens with one attached hydrogen (secondary N) is 1. The van der Waals surface area contributed by atoms with Crippen molar-refractivity contribution >= 4 is 11.9 Å². The summed E-state index contributed by atoms with van der Waals surface area (Å²) in [4.78, 5) is 42.4. The van der Waals surface area contributed by atoms with Crippen molar-refractivity contribution < 1.29 is 29.0 Å². The minimum absolute atomic E-state index is 0.0106. The van der Waals surface area contributed by atoms with E-state index in [0.717, 1.165) is 28.7 Å². The van der Waals surface area contributed by atoms with Crippen LogP contribution in [0.25, 0.3) is 22.5 Å². The van der Waals surface area contributed by atoms with Gasteiger partial charge in [0.05, 0.1) is 13.2 Å². The molecule has 0 bridgehead atoms. The van der Waals surface area contributed by atoms with Crippen LogP contribution in [0.5, 0.6) is 0 Å². The molecule has 1 heterocycles. The van der Waals surface area contributed by atoms with E-state index in [4.69, 9.17) is 9.47 Å². The topological polar surface area (TPSA) is 163 Å². The van der Waals surface area contributed by atoms with Crippen molar-refractivity contribution in [1.29, 1.82) is 0 Å². The van der Waals surface area contributed by atoms with Crippen LogP contribution < -0.4 is 0 Å². The van der Waals surface area contributed by atoms with Gasteiger partial charge in [0.15, 0.2) is 0 Å². The molecule has 1 aromatic heterocycles. The minimum Gasteiger partial charge on any atom is -0.462 e. The second-order valence-corrected chi connectivity index (χ2v) is 9.63. The third-order valence-electron chi connectivity index (χ3n) is 6.30. The molecule has 0 spiro atoms. The Morgan fingerprint density at radius 1 is 1.02 bits per heavy atom. The number of amides is 1. The lowest BCUT2D eigenvalue weighted by atomic mass is 9.97. The highest BCUT2D eigenvalue weighted by Gasteiger charge is 2.33. The van der Waals surface area contributed by atoms with Crippen LogP contribution in [-0.2, 0) is 30.4 Å². The molecule has 0 aliphatic heterocycles. The van der Waals surface area contributed by atoms with E-state index >= 15 is 0 Å². The summed E-state index contributed by atoms with van der Waals surface area (Å²) in [6, 6.07) is 14.7. The number of aromatic amines is 1. The third kappa shape index (κ3) is 9.34. The van der Waals surface area contributed by atoms with E-state index in [1.165, 1.54) is 0 Å². The van der Waals surface area contributed by atoms with E-state index in [-0.39, 0.29) is 44.8 Å². The first-order valence-electron chi connectivity index (χ1n) is 13.5. The standard InChI is InChI=1S/C28H36N6O7/c1-4-5-10-25(35)33(26(20(2)3)28(36)40-17-15-39-16-18-41-34(37)38)19-21-11-13-22(14-12-21)23-8-6-7-9-24(23)27-29-31-32-30-27/h6-9,11-14,20,26H,4-5,10,15-19H2,1-3H3,(H,29,30,31,32)/t26-/m0/s1. The molecule has 0 aliphatic rings. The zero-order chi connectivity index (χ0) is 29.6. The summed E-state index contributed by atoms with van der Waals surface area (Å²) in [7, 11) is 0. The van der Waals surface area contributed by atoms with Gasteiger partial charge in [-0.25, -0.2) is 4.79 Å². The molecule has 13 heteroatoms. The van der Waals surface area contributed by atoms with Crippen molar-refractivity contribution in [3.05, 3.63) is 64.2 Å². The molecule has 3 aromatic rings. The van der Waals surface area contributed by atoms with Gasteiger partial charge in [0.25, 0.3) is 5.09 Å². The Morgan fingerprint density at radius 2 is 1.73 bits per heavy atom. The van der Waals surface area contributed by atoms with E-state index in [1.54, 1.807) is 4.90 Å². The molecule has 0 saturated carbocycles. The van der Waals surface area contributed by atoms with Crippen LogP contribution in [-0.4, -0.2) is 75.0 Å². The number of tetrazole rings is 1. The highest BCUT2D eigenvalue weighted by Crippen LogP contribution is 2.30. The number of hydrogen-bond acceptors (Lipinski definition) is 10. The molecule has 0 aliphatic carbocycles. The van der Waals surface area contributed by atoms with Crippen molar-refractivity contribution in [3.8, 4) is 22.5 Å². The number of hydrogen-bond donors (Lipinski definition) is 1. The molecular weight excluding hydrogens is 532 g/mol. The molecule has 1 amide bonds. The highest BCUT2D eigenvalue weighted by atomic mass is 17.0. The van der Waals surface area contributed by atoms with Gasteiger partial charge in [0.1, 0.15) is 19.3 Å². The Morgan fingerprint density at radius 3 is 2.37 bits per heavy atom. The first-order valence-corrected chi connectivity index (χ1v) is 13.5. The summed E-state index contributed by atoms with van der Waals surface area (Å²) in [6.07, 6.45) is 1.88. The lowest BCUT2D eigenvalue weighted by molar-refractivity contribution is -0.758. The average Bonchev–Trinajstić information content (AvgIpc) is 3.50. The maximum absolute atomic E-state index is 13.3. The number of rotatable bonds is 17. The third-order valence-corrected chi connectivity index (χ3v) is 6.30. The molecule has 1 atom stereocenters. The largest absolute Gasteiger partial charge is 0.462 e. The monoisotopic (exact) mass is 568 g/mol. The van der Waals surface area contributed by atoms with Gasteiger partial charge in [-0.1, -0.05) is 75.7 Å². The summed E-state index contributed by atoms with van der Waals surface area (Å²) in [5.74, 6) is -0.364. The molecule has 3 rings (SSSR count). The minimum atomic E-state index is -0.899. The Bertz CT molecular complexity index is 1250. The average molecular weight is 569 g/mol. The summed E-state index contributed by atoms with van der Waals surface area (Å²) in [5, 5.41) is 23.6. The smallest absolute Gasteiger partial charge is 0.329 e. The molecule has 220 valence electrons. The molecule has 0 unspecified atom stereocenters. The van der Waals surface area contributed by atoms with Gasteiger partial charge in [0.2, 0.25) is 11.7 Å². The van der Waals surface area contributed by atoms with Crippen molar-refractivity contribution in [3.63, 3.8) is 0 Å². The van der Waals surface area contributed by atoms with Crippen molar-refractivity contribution in [2.24, 2.45) is 5.92 Å². The number of nitrogens with zero attached hydrogens (tertiary/aromatic N) is 5. The normalized spacial score (nSPS) is 11.7. The predicted octanol–water partition coefficient (Wildman–Crippen LogP) is 3.85. The lowest BCUT2D eigenvalue weighted by Crippen LogP contribution is -2.48. The van der Waals surface area contributed by atoms with Crippen LogP contribution >= 0.6 is 0 Å². The molecule has 41 heavy (non-hydrogen) atoms. The number of unbranched alkanes of at least 4 members (excludes halogenated alkanes) is 1. The highest BCUT2D eigenvalue weighted by molar-refractivity contribution is 5.85. The van der Waals surface area contributed by atoms with Gasteiger partial charge in [-0.2, -0.15) is 5.21 Å². The van der Waals surface area contributed by atoms with Crippen LogP contribution in [0.2, 0.25) is 0 Å². The summed E-state index contributed by atoms with van der Waals surface area (Å²) in [5.41, 5.74) is 3.58. The number of carbonyl (C=O) groups excluding carboxylic acids is 2. The number of H-pyrrole nitrogens is 1. The first-order chi connectivity index (χ1) is 19.8. The zero-order valence-electron chi connectivity index (χ0n) is 23.5. The number of benzene rings is 2. The second kappa shape index (κ2) is 16.0. The Labute approximate surface area is 238 Å². The maximum Gasteiger partial charge on any atom is 0.329 e. The van der Waals surface area contributed by atoms with Crippen LogP contribution in [0.15, 0.2) is 48.5 Å². The summed E-state index contributed by atoms with van der Waals surface area (Å²) >= 11 is 0. The summed E-state index contributed by atoms with van der Waals surface area (Å²) in [6.45, 7) is 5.76. The Kier molecular flexibility index (Phi) is 12.2. The fraction of sp³-hybridized carbons (Fsp3) is 0.464. The molecular formula is C28H36N6O7. The quantitative estimate of drug-likeness (QED) is 0.109. The van der Waals surface area contributed by atoms with Crippen molar-refractivity contribution in [2.45, 2.75) is 52.6 Å². The number of carbonyl (C=O) groups is 2. The Balaban J connectivity index is 1.72. The molecule has 13 nitrogen and oxygen atoms in total. The van der Waals surface area contributed by atoms with E-state index in [0.29, 0.717) is 18.7 Å². The van der Waals surface area contributed by atoms with Crippen LogP contribution in [0, 0.1) is 16.0 Å². The van der Waals surface area contributed by atoms with Crippen LogP contribution in [0.1, 0.15) is 45.6 Å². The fourth-order valence-corrected chi connectivity index (χ4v) is 4.32. The molecule has 0 saturated heterocycles. The predicted molar refractivity (Wildman–Crippen MR) is 148 cm³/mol. The molecule has 1 N–H and O–H groups in total. The van der Waals surface area contributed by atoms with Crippen molar-refractivity contribution in [1.82, 2.24) is 25.5 Å². The molecule has 0 radical (unpaired) electrons. The van der Waals surface area contributed by atoms with E-state index in [1.807, 2.05) is 69.3 Å². The number of esters is 1. The maximum atomic E-state index is 13.3. The fourth-order valence-electron chi connectivity index (χ4n) is 4.32. The van der Waals surface area contributed by atoms with Gasteiger partial charge < -0.3 is 19.2 Å². The van der Waals surface area contributed by atoms with Gasteiger partial charge in [-0.3, -0.25) is 4.79 Å². The number of aromatic nitrogens is 4. The second-order valence-electron chi connectivity index (χ2n) is 9.63.